The van der Waals surface area contributed by atoms with E-state index in [1.807, 2.05) is 0 Å². The third-order valence-electron chi connectivity index (χ3n) is 4.53. The Hall–Kier alpha value is -0.610. The van der Waals surface area contributed by atoms with Gasteiger partial charge in [0.1, 0.15) is 0 Å². The number of amides is 1. The summed E-state index contributed by atoms with van der Waals surface area (Å²) in [5, 5.41) is 6.71. The van der Waals surface area contributed by atoms with E-state index in [0.717, 1.165) is 19.6 Å². The first-order valence-corrected chi connectivity index (χ1v) is 8.47. The lowest BCUT2D eigenvalue weighted by Crippen LogP contribution is -2.51. The third-order valence-corrected chi connectivity index (χ3v) is 4.53. The van der Waals surface area contributed by atoms with Crippen LogP contribution in [0.25, 0.3) is 0 Å². The molecule has 116 valence electrons. The highest BCUT2D eigenvalue weighted by atomic mass is 16.1. The van der Waals surface area contributed by atoms with Crippen molar-refractivity contribution in [2.24, 2.45) is 0 Å². The summed E-state index contributed by atoms with van der Waals surface area (Å²) >= 11 is 0. The van der Waals surface area contributed by atoms with Gasteiger partial charge in [-0.25, -0.2) is 0 Å². The first-order chi connectivity index (χ1) is 9.70. The summed E-state index contributed by atoms with van der Waals surface area (Å²) < 4.78 is 0. The molecular formula is C16H31N3O. The Morgan fingerprint density at radius 2 is 2.10 bits per heavy atom. The first-order valence-electron chi connectivity index (χ1n) is 8.47. The van der Waals surface area contributed by atoms with Gasteiger partial charge in [-0.15, -0.1) is 0 Å². The van der Waals surface area contributed by atoms with Gasteiger partial charge >= 0.3 is 0 Å². The lowest BCUT2D eigenvalue weighted by Gasteiger charge is -2.39. The molecule has 1 saturated heterocycles. The average Bonchev–Trinajstić information content (AvgIpc) is 3.26. The lowest BCUT2D eigenvalue weighted by molar-refractivity contribution is -0.121. The molecule has 2 fully saturated rings. The molecule has 0 aromatic heterocycles. The second kappa shape index (κ2) is 7.99. The Morgan fingerprint density at radius 1 is 1.30 bits per heavy atom. The van der Waals surface area contributed by atoms with Crippen LogP contribution in [-0.2, 0) is 4.79 Å². The molecule has 0 spiro atoms. The van der Waals surface area contributed by atoms with E-state index in [4.69, 9.17) is 0 Å². The molecule has 2 aliphatic rings. The number of carbonyl (C=O) groups excluding carboxylic acids is 1. The van der Waals surface area contributed by atoms with Gasteiger partial charge in [-0.2, -0.15) is 0 Å². The van der Waals surface area contributed by atoms with Crippen LogP contribution in [0.2, 0.25) is 0 Å². The molecule has 0 aromatic rings. The largest absolute Gasteiger partial charge is 0.353 e. The molecule has 0 aromatic carbocycles. The van der Waals surface area contributed by atoms with Crippen molar-refractivity contribution >= 4 is 5.91 Å². The van der Waals surface area contributed by atoms with Crippen molar-refractivity contribution in [2.45, 2.75) is 76.9 Å². The van der Waals surface area contributed by atoms with Crippen molar-refractivity contribution < 1.29 is 4.79 Å². The Bertz CT molecular complexity index is 304. The third kappa shape index (κ3) is 5.06. The lowest BCUT2D eigenvalue weighted by atomic mass is 9.96. The Kier molecular flexibility index (Phi) is 6.30. The Labute approximate surface area is 123 Å². The number of nitrogens with one attached hydrogen (secondary N) is 2. The molecule has 4 heteroatoms. The van der Waals surface area contributed by atoms with Gasteiger partial charge in [0.15, 0.2) is 0 Å². The minimum atomic E-state index is 0.242. The van der Waals surface area contributed by atoms with Crippen molar-refractivity contribution in [3.8, 4) is 0 Å². The predicted octanol–water partition coefficient (Wildman–Crippen LogP) is 1.90. The molecule has 1 saturated carbocycles. The number of hydrogen-bond donors (Lipinski definition) is 2. The molecule has 1 aliphatic heterocycles. The van der Waals surface area contributed by atoms with E-state index in [1.54, 1.807) is 0 Å². The van der Waals surface area contributed by atoms with E-state index in [-0.39, 0.29) is 5.91 Å². The SMILES string of the molecule is CCCNC(C)C1CCCCN1CCC(=O)NC1CC1. The quantitative estimate of drug-likeness (QED) is 0.714. The van der Waals surface area contributed by atoms with Crippen LogP contribution >= 0.6 is 0 Å². The van der Waals surface area contributed by atoms with E-state index in [0.29, 0.717) is 24.5 Å². The summed E-state index contributed by atoms with van der Waals surface area (Å²) in [5.41, 5.74) is 0. The number of rotatable bonds is 8. The molecule has 2 unspecified atom stereocenters. The van der Waals surface area contributed by atoms with Gasteiger partial charge in [-0.05, 0) is 52.1 Å². The molecule has 1 amide bonds. The molecule has 4 nitrogen and oxygen atoms in total. The molecule has 1 heterocycles. The Balaban J connectivity index is 1.74. The zero-order valence-electron chi connectivity index (χ0n) is 13.2. The summed E-state index contributed by atoms with van der Waals surface area (Å²) in [6.07, 6.45) is 8.07. The van der Waals surface area contributed by atoms with Crippen LogP contribution in [0.3, 0.4) is 0 Å². The predicted molar refractivity (Wildman–Crippen MR) is 82.7 cm³/mol. The topological polar surface area (TPSA) is 44.4 Å². The minimum absolute atomic E-state index is 0.242. The highest BCUT2D eigenvalue weighted by Crippen LogP contribution is 2.21. The maximum absolute atomic E-state index is 11.8. The molecule has 2 N–H and O–H groups in total. The maximum atomic E-state index is 11.8. The van der Waals surface area contributed by atoms with Gasteiger partial charge in [0.2, 0.25) is 5.91 Å². The van der Waals surface area contributed by atoms with E-state index in [9.17, 15) is 4.79 Å². The summed E-state index contributed by atoms with van der Waals surface area (Å²) in [5.74, 6) is 0.242. The van der Waals surface area contributed by atoms with E-state index >= 15 is 0 Å². The van der Waals surface area contributed by atoms with Gasteiger partial charge in [0.05, 0.1) is 0 Å². The zero-order chi connectivity index (χ0) is 14.4. The first kappa shape index (κ1) is 15.8. The highest BCUT2D eigenvalue weighted by molar-refractivity contribution is 5.76. The molecule has 2 atom stereocenters. The van der Waals surface area contributed by atoms with Crippen LogP contribution in [0.15, 0.2) is 0 Å². The van der Waals surface area contributed by atoms with Crippen molar-refractivity contribution in [1.82, 2.24) is 15.5 Å². The van der Waals surface area contributed by atoms with E-state index < -0.39 is 0 Å². The maximum Gasteiger partial charge on any atom is 0.221 e. The van der Waals surface area contributed by atoms with Gasteiger partial charge in [0.25, 0.3) is 0 Å². The van der Waals surface area contributed by atoms with Crippen LogP contribution in [-0.4, -0.2) is 48.6 Å². The molecular weight excluding hydrogens is 250 g/mol. The van der Waals surface area contributed by atoms with Crippen LogP contribution in [0.1, 0.15) is 58.8 Å². The van der Waals surface area contributed by atoms with Gasteiger partial charge in [0, 0.05) is 31.1 Å². The summed E-state index contributed by atoms with van der Waals surface area (Å²) in [7, 11) is 0. The summed E-state index contributed by atoms with van der Waals surface area (Å²) in [6, 6.07) is 1.62. The van der Waals surface area contributed by atoms with E-state index in [2.05, 4.69) is 29.4 Å². The number of nitrogens with zero attached hydrogens (tertiary/aromatic N) is 1. The molecule has 1 aliphatic carbocycles. The summed E-state index contributed by atoms with van der Waals surface area (Å²) in [4.78, 5) is 14.4. The van der Waals surface area contributed by atoms with Crippen molar-refractivity contribution in [1.29, 1.82) is 0 Å². The Morgan fingerprint density at radius 3 is 2.80 bits per heavy atom. The van der Waals surface area contributed by atoms with Crippen molar-refractivity contribution in [3.63, 3.8) is 0 Å². The monoisotopic (exact) mass is 281 g/mol. The number of hydrogen-bond acceptors (Lipinski definition) is 3. The fourth-order valence-corrected chi connectivity index (χ4v) is 3.14. The second-order valence-corrected chi connectivity index (χ2v) is 6.43. The van der Waals surface area contributed by atoms with Crippen molar-refractivity contribution in [2.75, 3.05) is 19.6 Å². The standard InChI is InChI=1S/C16H31N3O/c1-3-10-17-13(2)15-6-4-5-11-19(15)12-9-16(20)18-14-7-8-14/h13-15,17H,3-12H2,1-2H3,(H,18,20). The van der Waals surface area contributed by atoms with Crippen LogP contribution in [0.5, 0.6) is 0 Å². The average molecular weight is 281 g/mol. The van der Waals surface area contributed by atoms with Crippen LogP contribution in [0.4, 0.5) is 0 Å². The highest BCUT2D eigenvalue weighted by Gasteiger charge is 2.28. The number of piperidine rings is 1. The van der Waals surface area contributed by atoms with Crippen LogP contribution in [0, 0.1) is 0 Å². The molecule has 0 bridgehead atoms. The van der Waals surface area contributed by atoms with Gasteiger partial charge < -0.3 is 10.6 Å². The molecule has 0 radical (unpaired) electrons. The molecule has 20 heavy (non-hydrogen) atoms. The van der Waals surface area contributed by atoms with Gasteiger partial charge in [-0.3, -0.25) is 9.69 Å². The smallest absolute Gasteiger partial charge is 0.221 e. The molecule has 2 rings (SSSR count). The number of carbonyl (C=O) groups is 1. The fraction of sp³-hybridized carbons (Fsp3) is 0.938. The zero-order valence-corrected chi connectivity index (χ0v) is 13.2. The second-order valence-electron chi connectivity index (χ2n) is 6.43. The minimum Gasteiger partial charge on any atom is -0.353 e. The normalized spacial score (nSPS) is 25.4. The summed E-state index contributed by atoms with van der Waals surface area (Å²) in [6.45, 7) is 7.66. The number of likely N-dealkylation sites (tertiary alicyclic amines) is 1. The van der Waals surface area contributed by atoms with Crippen molar-refractivity contribution in [3.05, 3.63) is 0 Å². The fourth-order valence-electron chi connectivity index (χ4n) is 3.14. The van der Waals surface area contributed by atoms with Crippen LogP contribution < -0.4 is 10.6 Å². The van der Waals surface area contributed by atoms with E-state index in [1.165, 1.54) is 38.5 Å². The van der Waals surface area contributed by atoms with Gasteiger partial charge in [-0.1, -0.05) is 13.3 Å².